The van der Waals surface area contributed by atoms with Crippen molar-refractivity contribution in [2.24, 2.45) is 11.8 Å². The maximum absolute atomic E-state index is 12.4. The molecule has 2 heterocycles. The highest BCUT2D eigenvalue weighted by Gasteiger charge is 2.40. The van der Waals surface area contributed by atoms with Crippen molar-refractivity contribution in [2.75, 3.05) is 20.2 Å². The first-order valence-corrected chi connectivity index (χ1v) is 13.3. The smallest absolute Gasteiger partial charge is 0.328 e. The van der Waals surface area contributed by atoms with E-state index in [0.717, 1.165) is 32.2 Å². The summed E-state index contributed by atoms with van der Waals surface area (Å²) in [5.41, 5.74) is 4.39. The van der Waals surface area contributed by atoms with E-state index in [2.05, 4.69) is 54.8 Å². The van der Waals surface area contributed by atoms with Crippen LogP contribution in [-0.2, 0) is 25.5 Å². The molecule has 37 heavy (non-hydrogen) atoms. The van der Waals surface area contributed by atoms with E-state index in [9.17, 15) is 14.4 Å². The summed E-state index contributed by atoms with van der Waals surface area (Å²) in [5, 5.41) is 17.1. The van der Waals surface area contributed by atoms with Gasteiger partial charge in [-0.05, 0) is 63.8 Å². The molecule has 200 valence electrons. The summed E-state index contributed by atoms with van der Waals surface area (Å²) >= 11 is 0. The van der Waals surface area contributed by atoms with E-state index in [0.29, 0.717) is 42.7 Å². The fourth-order valence-electron chi connectivity index (χ4n) is 6.36. The van der Waals surface area contributed by atoms with E-state index in [-0.39, 0.29) is 11.9 Å². The highest BCUT2D eigenvalue weighted by molar-refractivity contribution is 5.90. The average Bonchev–Trinajstić information content (AvgIpc) is 3.52. The number of hydrogen-bond donors (Lipinski definition) is 2. The molecule has 2 aliphatic carbocycles. The maximum atomic E-state index is 12.4. The topological polar surface area (TPSA) is 109 Å². The molecule has 1 aromatic carbocycles. The van der Waals surface area contributed by atoms with Crippen LogP contribution in [0.1, 0.15) is 69.0 Å². The van der Waals surface area contributed by atoms with Crippen molar-refractivity contribution >= 4 is 28.8 Å². The molecule has 0 spiro atoms. The van der Waals surface area contributed by atoms with Crippen LogP contribution in [0.2, 0.25) is 0 Å². The molecule has 3 aliphatic rings. The first-order chi connectivity index (χ1) is 17.7. The number of rotatable bonds is 6. The lowest BCUT2D eigenvalue weighted by Crippen LogP contribution is -2.48. The Morgan fingerprint density at radius 2 is 1.78 bits per heavy atom. The van der Waals surface area contributed by atoms with Crippen molar-refractivity contribution in [1.82, 2.24) is 9.47 Å². The van der Waals surface area contributed by atoms with Crippen LogP contribution in [0.15, 0.2) is 36.5 Å². The third kappa shape index (κ3) is 6.06. The molecule has 1 saturated carbocycles. The fraction of sp³-hybridized carbons (Fsp3) is 0.552. The number of aliphatic carboxylic acids is 2. The Hall–Kier alpha value is -3.13. The molecular formula is C29H38N2O6. The van der Waals surface area contributed by atoms with Gasteiger partial charge in [-0.3, -0.25) is 4.79 Å². The maximum Gasteiger partial charge on any atom is 0.328 e. The van der Waals surface area contributed by atoms with Gasteiger partial charge in [0.15, 0.2) is 0 Å². The molecule has 2 N–H and O–H groups in total. The zero-order valence-electron chi connectivity index (χ0n) is 21.9. The molecule has 3 atom stereocenters. The van der Waals surface area contributed by atoms with Gasteiger partial charge >= 0.3 is 17.9 Å². The van der Waals surface area contributed by atoms with Crippen LogP contribution in [0.25, 0.3) is 10.9 Å². The van der Waals surface area contributed by atoms with Crippen LogP contribution in [-0.4, -0.2) is 63.8 Å². The Labute approximate surface area is 217 Å². The van der Waals surface area contributed by atoms with Gasteiger partial charge in [0.25, 0.3) is 0 Å². The van der Waals surface area contributed by atoms with Crippen molar-refractivity contribution in [3.05, 3.63) is 47.7 Å². The molecular weight excluding hydrogens is 472 g/mol. The number of hydrogen-bond acceptors (Lipinski definition) is 5. The van der Waals surface area contributed by atoms with E-state index in [4.69, 9.17) is 14.9 Å². The van der Waals surface area contributed by atoms with Gasteiger partial charge in [-0.15, -0.1) is 0 Å². The number of fused-ring (bicyclic) bond motifs is 2. The van der Waals surface area contributed by atoms with Crippen molar-refractivity contribution < 1.29 is 29.3 Å². The summed E-state index contributed by atoms with van der Waals surface area (Å²) in [4.78, 5) is 34.0. The molecule has 8 heteroatoms. The summed E-state index contributed by atoms with van der Waals surface area (Å²) in [7, 11) is 2.26. The number of piperidine rings is 1. The second-order valence-corrected chi connectivity index (χ2v) is 10.9. The van der Waals surface area contributed by atoms with Crippen molar-refractivity contribution in [1.29, 1.82) is 0 Å². The van der Waals surface area contributed by atoms with E-state index in [1.54, 1.807) is 0 Å². The molecule has 1 aliphatic heterocycles. The number of aromatic nitrogens is 1. The molecule has 0 unspecified atom stereocenters. The number of nitrogens with zero attached hydrogens (tertiary/aromatic N) is 2. The largest absolute Gasteiger partial charge is 0.478 e. The Balaban J connectivity index is 0.000000349. The van der Waals surface area contributed by atoms with Gasteiger partial charge < -0.3 is 24.4 Å². The molecule has 0 amide bonds. The highest BCUT2D eigenvalue weighted by Crippen LogP contribution is 2.45. The summed E-state index contributed by atoms with van der Waals surface area (Å²) in [6.07, 6.45) is 10.2. The Bertz CT molecular complexity index is 1160. The molecule has 0 bridgehead atoms. The van der Waals surface area contributed by atoms with Crippen molar-refractivity contribution in [3.63, 3.8) is 0 Å². The lowest BCUT2D eigenvalue weighted by Gasteiger charge is -2.45. The molecule has 8 nitrogen and oxygen atoms in total. The van der Waals surface area contributed by atoms with E-state index in [1.807, 2.05) is 0 Å². The van der Waals surface area contributed by atoms with E-state index in [1.165, 1.54) is 34.9 Å². The van der Waals surface area contributed by atoms with E-state index < -0.39 is 11.9 Å². The lowest BCUT2D eigenvalue weighted by molar-refractivity contribution is -0.150. The van der Waals surface area contributed by atoms with Gasteiger partial charge in [-0.2, -0.15) is 0 Å². The minimum Gasteiger partial charge on any atom is -0.478 e. The summed E-state index contributed by atoms with van der Waals surface area (Å²) in [6, 6.07) is 7.87. The first-order valence-electron chi connectivity index (χ1n) is 13.3. The number of ether oxygens (including phenoxy) is 1. The third-order valence-electron chi connectivity index (χ3n) is 8.04. The average molecular weight is 511 g/mol. The number of likely N-dealkylation sites (tertiary alicyclic amines) is 1. The molecule has 2 fully saturated rings. The second kappa shape index (κ2) is 11.5. The van der Waals surface area contributed by atoms with Gasteiger partial charge in [0.1, 0.15) is 0 Å². The van der Waals surface area contributed by atoms with Gasteiger partial charge in [0.2, 0.25) is 0 Å². The molecule has 2 aromatic rings. The SMILES string of the molecule is CC(C)n1cc2c3c(cccc31)[C@H]1C[C@@H](COC(=O)C3CCCC3)CN(C)[C@@H]1C2.O=C(O)/C=C\C(=O)O. The van der Waals surface area contributed by atoms with Crippen LogP contribution >= 0.6 is 0 Å². The standard InChI is InChI=1S/C25H34N2O2.C4H4O4/c1-16(2)27-14-19-12-23-21(20-9-6-10-22(27)24(19)20)11-17(13-26(23)3)15-29-25(28)18-7-4-5-8-18;5-3(6)1-2-4(7)8/h6,9-10,14,16-18,21,23H,4-5,7-8,11-13,15H2,1-3H3;1-2H,(H,5,6)(H,7,8)/b;2-1-/t17-,21-,23-;/m1./s1. The summed E-state index contributed by atoms with van der Waals surface area (Å²) in [5.74, 6) is -1.35. The fourth-order valence-corrected chi connectivity index (χ4v) is 6.36. The number of carboxylic acids is 2. The van der Waals surface area contributed by atoms with Gasteiger partial charge in [-0.1, -0.05) is 25.0 Å². The number of carboxylic acid groups (broad SMARTS) is 2. The zero-order chi connectivity index (χ0) is 26.7. The Morgan fingerprint density at radius 1 is 1.11 bits per heavy atom. The zero-order valence-corrected chi connectivity index (χ0v) is 21.9. The molecule has 0 radical (unpaired) electrons. The molecule has 5 rings (SSSR count). The minimum absolute atomic E-state index is 0.0503. The van der Waals surface area contributed by atoms with Gasteiger partial charge in [-0.25, -0.2) is 9.59 Å². The van der Waals surface area contributed by atoms with Gasteiger partial charge in [0, 0.05) is 59.7 Å². The molecule has 1 aromatic heterocycles. The second-order valence-electron chi connectivity index (χ2n) is 10.9. The Morgan fingerprint density at radius 3 is 2.41 bits per heavy atom. The van der Waals surface area contributed by atoms with Crippen molar-refractivity contribution in [3.8, 4) is 0 Å². The number of likely N-dealkylation sites (N-methyl/N-ethyl adjacent to an activating group) is 1. The van der Waals surface area contributed by atoms with Crippen LogP contribution in [0.3, 0.4) is 0 Å². The van der Waals surface area contributed by atoms with Crippen molar-refractivity contribution in [2.45, 2.75) is 70.4 Å². The minimum atomic E-state index is -1.26. The molecule has 1 saturated heterocycles. The normalized spacial score (nSPS) is 23.6. The summed E-state index contributed by atoms with van der Waals surface area (Å²) < 4.78 is 8.24. The monoisotopic (exact) mass is 510 g/mol. The Kier molecular flexibility index (Phi) is 8.37. The summed E-state index contributed by atoms with van der Waals surface area (Å²) in [6.45, 7) is 6.14. The van der Waals surface area contributed by atoms with Crippen LogP contribution in [0.4, 0.5) is 0 Å². The van der Waals surface area contributed by atoms with Crippen LogP contribution < -0.4 is 0 Å². The predicted molar refractivity (Wildman–Crippen MR) is 141 cm³/mol. The number of benzene rings is 1. The van der Waals surface area contributed by atoms with Gasteiger partial charge in [0.05, 0.1) is 12.5 Å². The number of carbonyl (C=O) groups excluding carboxylic acids is 1. The van der Waals surface area contributed by atoms with Crippen LogP contribution in [0.5, 0.6) is 0 Å². The number of esters is 1. The predicted octanol–water partition coefficient (Wildman–Crippen LogP) is 4.63. The number of carbonyl (C=O) groups is 3. The van der Waals surface area contributed by atoms with E-state index >= 15 is 0 Å². The highest BCUT2D eigenvalue weighted by atomic mass is 16.5. The first kappa shape index (κ1) is 26.9. The third-order valence-corrected chi connectivity index (χ3v) is 8.04. The quantitative estimate of drug-likeness (QED) is 0.431. The lowest BCUT2D eigenvalue weighted by atomic mass is 9.72. The van der Waals surface area contributed by atoms with Crippen LogP contribution in [0, 0.1) is 11.8 Å².